The minimum atomic E-state index is -0.833. The maximum absolute atomic E-state index is 13.3. The number of likely N-dealkylation sites (tertiary alicyclic amines) is 1. The number of fused-ring (bicyclic) bond motifs is 6. The highest BCUT2D eigenvalue weighted by Crippen LogP contribution is 2.56. The molecule has 7 rings (SSSR count). The first kappa shape index (κ1) is 26.7. The standard InChI is InChI=1S/C28H36N4O2S.C2H4O2/c33-27-24-18-9-10-19(15-18)25(24)28(34)32(27)17-21-6-2-1-5-20(21)16-30-11-13-31(14-12-30)26-22-7-3-4-8-23(22)35-29-26;1-2(3)4/h3-4,7-8,18-21,24-25H,1-2,5-6,9-17H2;1H3,(H,3,4)/t18-,19-,20-,21-,24-,25+;/m0./s1. The van der Waals surface area contributed by atoms with Gasteiger partial charge in [-0.05, 0) is 79.4 Å². The van der Waals surface area contributed by atoms with Crippen LogP contribution in [0.3, 0.4) is 0 Å². The summed E-state index contributed by atoms with van der Waals surface area (Å²) >= 11 is 1.60. The Morgan fingerprint density at radius 2 is 1.51 bits per heavy atom. The minimum absolute atomic E-state index is 0.0261. The monoisotopic (exact) mass is 552 g/mol. The van der Waals surface area contributed by atoms with Crippen LogP contribution in [0, 0.1) is 35.5 Å². The molecule has 2 saturated heterocycles. The van der Waals surface area contributed by atoms with Gasteiger partial charge in [0, 0.05) is 51.6 Å². The van der Waals surface area contributed by atoms with Gasteiger partial charge in [-0.3, -0.25) is 24.2 Å². The van der Waals surface area contributed by atoms with Crippen LogP contribution in [0.1, 0.15) is 51.9 Å². The molecule has 210 valence electrons. The molecule has 5 fully saturated rings. The summed E-state index contributed by atoms with van der Waals surface area (Å²) < 4.78 is 6.02. The molecule has 0 spiro atoms. The number of hydrogen-bond acceptors (Lipinski definition) is 7. The fourth-order valence-corrected chi connectivity index (χ4v) is 9.02. The number of carboxylic acids is 1. The second-order valence-corrected chi connectivity index (χ2v) is 13.1. The molecule has 5 aliphatic rings. The minimum Gasteiger partial charge on any atom is -0.481 e. The van der Waals surface area contributed by atoms with E-state index >= 15 is 0 Å². The second-order valence-electron chi connectivity index (χ2n) is 12.3. The lowest BCUT2D eigenvalue weighted by Gasteiger charge is -2.40. The lowest BCUT2D eigenvalue weighted by Crippen LogP contribution is -2.49. The Morgan fingerprint density at radius 3 is 2.15 bits per heavy atom. The van der Waals surface area contributed by atoms with Gasteiger partial charge < -0.3 is 10.0 Å². The van der Waals surface area contributed by atoms with Crippen molar-refractivity contribution in [2.75, 3.05) is 44.2 Å². The summed E-state index contributed by atoms with van der Waals surface area (Å²) in [7, 11) is 0. The van der Waals surface area contributed by atoms with Crippen molar-refractivity contribution in [1.82, 2.24) is 14.2 Å². The maximum atomic E-state index is 13.3. The van der Waals surface area contributed by atoms with Crippen molar-refractivity contribution in [3.05, 3.63) is 24.3 Å². The molecule has 2 bridgehead atoms. The van der Waals surface area contributed by atoms with Crippen molar-refractivity contribution in [2.24, 2.45) is 35.5 Å². The fraction of sp³-hybridized carbons (Fsp3) is 0.667. The largest absolute Gasteiger partial charge is 0.481 e. The summed E-state index contributed by atoms with van der Waals surface area (Å²) in [6, 6.07) is 8.54. The molecule has 1 aromatic heterocycles. The first-order chi connectivity index (χ1) is 18.9. The third kappa shape index (κ3) is 5.20. The number of piperazine rings is 1. The van der Waals surface area contributed by atoms with E-state index < -0.39 is 5.97 Å². The molecular weight excluding hydrogens is 512 g/mol. The topological polar surface area (TPSA) is 94.0 Å². The van der Waals surface area contributed by atoms with Crippen LogP contribution in [0.4, 0.5) is 5.82 Å². The zero-order valence-corrected chi connectivity index (χ0v) is 23.7. The molecule has 2 aliphatic heterocycles. The van der Waals surface area contributed by atoms with Crippen molar-refractivity contribution in [2.45, 2.75) is 51.9 Å². The number of imide groups is 1. The predicted octanol–water partition coefficient (Wildman–Crippen LogP) is 4.35. The lowest BCUT2D eigenvalue weighted by molar-refractivity contribution is -0.142. The third-order valence-corrected chi connectivity index (χ3v) is 10.8. The van der Waals surface area contributed by atoms with Gasteiger partial charge in [-0.2, -0.15) is 4.37 Å². The van der Waals surface area contributed by atoms with Gasteiger partial charge in [0.25, 0.3) is 5.97 Å². The molecular formula is C30H40N4O4S. The highest BCUT2D eigenvalue weighted by Gasteiger charge is 2.61. The van der Waals surface area contributed by atoms with Gasteiger partial charge in [-0.1, -0.05) is 25.0 Å². The molecule has 3 aliphatic carbocycles. The number of aliphatic carboxylic acids is 1. The Hall–Kier alpha value is -2.52. The number of carboxylic acid groups (broad SMARTS) is 1. The van der Waals surface area contributed by atoms with E-state index in [0.29, 0.717) is 30.2 Å². The Labute approximate surface area is 234 Å². The Kier molecular flexibility index (Phi) is 7.64. The van der Waals surface area contributed by atoms with E-state index in [1.807, 2.05) is 0 Å². The molecule has 2 aromatic rings. The van der Waals surface area contributed by atoms with Crippen LogP contribution in [0.15, 0.2) is 24.3 Å². The zero-order chi connectivity index (χ0) is 27.1. The molecule has 0 unspecified atom stereocenters. The number of aromatic nitrogens is 1. The van der Waals surface area contributed by atoms with Crippen molar-refractivity contribution in [3.8, 4) is 0 Å². The number of hydrogen-bond donors (Lipinski definition) is 1. The molecule has 8 nitrogen and oxygen atoms in total. The van der Waals surface area contributed by atoms with Crippen molar-refractivity contribution < 1.29 is 19.5 Å². The third-order valence-electron chi connectivity index (χ3n) is 10.0. The average molecular weight is 553 g/mol. The summed E-state index contributed by atoms with van der Waals surface area (Å²) in [5.41, 5.74) is 0. The van der Waals surface area contributed by atoms with E-state index in [9.17, 15) is 9.59 Å². The average Bonchev–Trinajstić information content (AvgIpc) is 3.70. The molecule has 2 amide bonds. The molecule has 3 saturated carbocycles. The van der Waals surface area contributed by atoms with Gasteiger partial charge in [0.15, 0.2) is 0 Å². The lowest BCUT2D eigenvalue weighted by atomic mass is 9.78. The summed E-state index contributed by atoms with van der Waals surface area (Å²) in [5, 5.41) is 8.69. The van der Waals surface area contributed by atoms with Crippen LogP contribution in [0.25, 0.3) is 10.1 Å². The normalized spacial score (nSPS) is 32.4. The molecule has 3 heterocycles. The van der Waals surface area contributed by atoms with Gasteiger partial charge in [-0.15, -0.1) is 0 Å². The fourth-order valence-electron chi connectivity index (χ4n) is 8.22. The molecule has 1 N–H and O–H groups in total. The van der Waals surface area contributed by atoms with Crippen LogP contribution < -0.4 is 4.90 Å². The van der Waals surface area contributed by atoms with Gasteiger partial charge in [0.1, 0.15) is 5.82 Å². The van der Waals surface area contributed by atoms with E-state index in [1.54, 1.807) is 16.4 Å². The van der Waals surface area contributed by atoms with Gasteiger partial charge in [-0.25, -0.2) is 0 Å². The summed E-state index contributed by atoms with van der Waals surface area (Å²) in [5.74, 6) is 2.75. The number of amides is 2. The van der Waals surface area contributed by atoms with Crippen molar-refractivity contribution >= 4 is 45.2 Å². The number of rotatable bonds is 5. The molecule has 9 heteroatoms. The Bertz CT molecular complexity index is 1190. The first-order valence-electron chi connectivity index (χ1n) is 14.8. The van der Waals surface area contributed by atoms with Gasteiger partial charge >= 0.3 is 0 Å². The molecule has 6 atom stereocenters. The van der Waals surface area contributed by atoms with Crippen LogP contribution in [-0.2, 0) is 14.4 Å². The highest BCUT2D eigenvalue weighted by atomic mass is 32.1. The number of carbonyl (C=O) groups is 3. The zero-order valence-electron chi connectivity index (χ0n) is 22.8. The maximum Gasteiger partial charge on any atom is 0.300 e. The van der Waals surface area contributed by atoms with E-state index in [0.717, 1.165) is 71.1 Å². The number of nitrogens with zero attached hydrogens (tertiary/aromatic N) is 4. The first-order valence-corrected chi connectivity index (χ1v) is 15.5. The number of benzene rings is 1. The smallest absolute Gasteiger partial charge is 0.300 e. The SMILES string of the molecule is CC(=O)O.O=C1[C@@H]2[C@H]3CC[C@@H](C3)[C@@H]2C(=O)N1C[C@@H]1CCCC[C@H]1CN1CCN(c2nsc3ccccc23)CC1. The second kappa shape index (κ2) is 11.2. The van der Waals surface area contributed by atoms with Crippen molar-refractivity contribution in [3.63, 3.8) is 0 Å². The van der Waals surface area contributed by atoms with E-state index in [4.69, 9.17) is 14.3 Å². The van der Waals surface area contributed by atoms with E-state index in [2.05, 4.69) is 34.1 Å². The van der Waals surface area contributed by atoms with Crippen LogP contribution >= 0.6 is 11.5 Å². The molecule has 39 heavy (non-hydrogen) atoms. The molecule has 0 radical (unpaired) electrons. The number of carbonyl (C=O) groups excluding carboxylic acids is 2. The van der Waals surface area contributed by atoms with Crippen LogP contribution in [0.2, 0.25) is 0 Å². The van der Waals surface area contributed by atoms with Gasteiger partial charge in [0.05, 0.1) is 16.5 Å². The van der Waals surface area contributed by atoms with E-state index in [1.165, 1.54) is 29.3 Å². The summed E-state index contributed by atoms with van der Waals surface area (Å²) in [4.78, 5) is 42.4. The van der Waals surface area contributed by atoms with E-state index in [-0.39, 0.29) is 23.7 Å². The summed E-state index contributed by atoms with van der Waals surface area (Å²) in [6.45, 7) is 7.01. The van der Waals surface area contributed by atoms with Crippen LogP contribution in [0.5, 0.6) is 0 Å². The molecule has 1 aromatic carbocycles. The quantitative estimate of drug-likeness (QED) is 0.552. The predicted molar refractivity (Wildman–Crippen MR) is 152 cm³/mol. The Morgan fingerprint density at radius 1 is 0.923 bits per heavy atom. The highest BCUT2D eigenvalue weighted by molar-refractivity contribution is 7.13. The summed E-state index contributed by atoms with van der Waals surface area (Å²) in [6.07, 6.45) is 8.35. The Balaban J connectivity index is 0.000000650. The van der Waals surface area contributed by atoms with Gasteiger partial charge in [0.2, 0.25) is 11.8 Å². The number of anilines is 1. The van der Waals surface area contributed by atoms with Crippen molar-refractivity contribution in [1.29, 1.82) is 0 Å². The van der Waals surface area contributed by atoms with Crippen LogP contribution in [-0.4, -0.2) is 76.3 Å².